The van der Waals surface area contributed by atoms with E-state index in [0.29, 0.717) is 31.9 Å². The minimum atomic E-state index is -0.310. The summed E-state index contributed by atoms with van der Waals surface area (Å²) in [4.78, 5) is 11.7. The second kappa shape index (κ2) is 10.1. The Morgan fingerprint density at radius 1 is 0.962 bits per heavy atom. The van der Waals surface area contributed by atoms with Crippen molar-refractivity contribution in [2.24, 2.45) is 0 Å². The van der Waals surface area contributed by atoms with Gasteiger partial charge in [0.1, 0.15) is 0 Å². The van der Waals surface area contributed by atoms with Crippen LogP contribution in [0, 0.1) is 0 Å². The molecule has 0 aliphatic heterocycles. The summed E-state index contributed by atoms with van der Waals surface area (Å²) in [5.74, 6) is 1.14. The average molecular weight is 422 g/mol. The Kier molecular flexibility index (Phi) is 7.78. The minimum Gasteiger partial charge on any atom is -0.490 e. The molecule has 0 amide bonds. The highest BCUT2D eigenvalue weighted by atomic mass is 79.9. The lowest BCUT2D eigenvalue weighted by Crippen LogP contribution is -2.06. The van der Waals surface area contributed by atoms with Gasteiger partial charge in [-0.25, -0.2) is 4.79 Å². The molecular formula is C20H24BrNO4. The molecule has 140 valence electrons. The van der Waals surface area contributed by atoms with Gasteiger partial charge in [-0.1, -0.05) is 15.9 Å². The zero-order chi connectivity index (χ0) is 18.9. The summed E-state index contributed by atoms with van der Waals surface area (Å²) in [7, 11) is 0. The number of hydrogen-bond donors (Lipinski definition) is 1. The summed E-state index contributed by atoms with van der Waals surface area (Å²) in [6, 6.07) is 11.1. The van der Waals surface area contributed by atoms with Crippen LogP contribution in [-0.4, -0.2) is 25.8 Å². The molecule has 0 bridgehead atoms. The first-order valence-corrected chi connectivity index (χ1v) is 9.47. The van der Waals surface area contributed by atoms with E-state index in [4.69, 9.17) is 14.2 Å². The van der Waals surface area contributed by atoms with Gasteiger partial charge < -0.3 is 19.5 Å². The maximum Gasteiger partial charge on any atom is 0.338 e. The number of ether oxygens (including phenoxy) is 3. The highest BCUT2D eigenvalue weighted by molar-refractivity contribution is 9.10. The Labute approximate surface area is 162 Å². The van der Waals surface area contributed by atoms with Crippen LogP contribution in [0.2, 0.25) is 0 Å². The van der Waals surface area contributed by atoms with E-state index < -0.39 is 0 Å². The molecule has 0 spiro atoms. The van der Waals surface area contributed by atoms with Gasteiger partial charge in [0, 0.05) is 16.7 Å². The third-order valence-corrected chi connectivity index (χ3v) is 4.33. The van der Waals surface area contributed by atoms with Gasteiger partial charge in [-0.15, -0.1) is 0 Å². The van der Waals surface area contributed by atoms with Crippen molar-refractivity contribution in [2.45, 2.75) is 27.3 Å². The lowest BCUT2D eigenvalue weighted by Gasteiger charge is -2.15. The molecule has 5 nitrogen and oxygen atoms in total. The number of carbonyl (C=O) groups excluding carboxylic acids is 1. The van der Waals surface area contributed by atoms with E-state index in [1.807, 2.05) is 38.1 Å². The first-order chi connectivity index (χ1) is 12.6. The maximum absolute atomic E-state index is 11.7. The second-order valence-corrected chi connectivity index (χ2v) is 6.26. The fourth-order valence-corrected chi connectivity index (χ4v) is 2.85. The summed E-state index contributed by atoms with van der Waals surface area (Å²) >= 11 is 3.59. The highest BCUT2D eigenvalue weighted by Gasteiger charge is 2.11. The Morgan fingerprint density at radius 2 is 1.58 bits per heavy atom. The van der Waals surface area contributed by atoms with Gasteiger partial charge in [-0.2, -0.15) is 0 Å². The Hall–Kier alpha value is -2.21. The van der Waals surface area contributed by atoms with Crippen molar-refractivity contribution in [3.63, 3.8) is 0 Å². The monoisotopic (exact) mass is 421 g/mol. The molecule has 1 N–H and O–H groups in total. The van der Waals surface area contributed by atoms with Gasteiger partial charge in [0.05, 0.1) is 25.4 Å². The normalized spacial score (nSPS) is 10.3. The zero-order valence-corrected chi connectivity index (χ0v) is 16.9. The van der Waals surface area contributed by atoms with E-state index in [2.05, 4.69) is 21.2 Å². The molecule has 26 heavy (non-hydrogen) atoms. The van der Waals surface area contributed by atoms with Crippen molar-refractivity contribution in [1.82, 2.24) is 0 Å². The van der Waals surface area contributed by atoms with Gasteiger partial charge in [0.25, 0.3) is 0 Å². The van der Waals surface area contributed by atoms with Crippen LogP contribution in [0.5, 0.6) is 11.5 Å². The first-order valence-electron chi connectivity index (χ1n) is 8.68. The SMILES string of the molecule is CCOC(=O)c1ccc(NCc2cc(OCC)c(OCC)cc2Br)cc1. The van der Waals surface area contributed by atoms with Crippen LogP contribution in [0.1, 0.15) is 36.7 Å². The molecule has 0 unspecified atom stereocenters. The van der Waals surface area contributed by atoms with E-state index >= 15 is 0 Å². The average Bonchev–Trinajstić information content (AvgIpc) is 2.64. The molecule has 6 heteroatoms. The van der Waals surface area contributed by atoms with Crippen molar-refractivity contribution in [3.05, 3.63) is 52.0 Å². The second-order valence-electron chi connectivity index (χ2n) is 5.41. The summed E-state index contributed by atoms with van der Waals surface area (Å²) in [6.07, 6.45) is 0. The molecule has 0 aliphatic rings. The van der Waals surface area contributed by atoms with Gasteiger partial charge in [-0.3, -0.25) is 0 Å². The zero-order valence-electron chi connectivity index (χ0n) is 15.3. The van der Waals surface area contributed by atoms with Gasteiger partial charge in [0.15, 0.2) is 11.5 Å². The molecule has 2 aromatic carbocycles. The topological polar surface area (TPSA) is 56.8 Å². The van der Waals surface area contributed by atoms with Crippen molar-refractivity contribution in [3.8, 4) is 11.5 Å². The number of carbonyl (C=O) groups is 1. The van der Waals surface area contributed by atoms with Crippen LogP contribution in [0.15, 0.2) is 40.9 Å². The van der Waals surface area contributed by atoms with Crippen LogP contribution >= 0.6 is 15.9 Å². The lowest BCUT2D eigenvalue weighted by molar-refractivity contribution is 0.0526. The van der Waals surface area contributed by atoms with Crippen LogP contribution in [-0.2, 0) is 11.3 Å². The van der Waals surface area contributed by atoms with Gasteiger partial charge >= 0.3 is 5.97 Å². The van der Waals surface area contributed by atoms with E-state index in [1.54, 1.807) is 19.1 Å². The van der Waals surface area contributed by atoms with Crippen LogP contribution in [0.4, 0.5) is 5.69 Å². The Morgan fingerprint density at radius 3 is 2.15 bits per heavy atom. The molecule has 2 aromatic rings. The molecule has 0 atom stereocenters. The smallest absolute Gasteiger partial charge is 0.338 e. The van der Waals surface area contributed by atoms with Crippen molar-refractivity contribution < 1.29 is 19.0 Å². The number of nitrogens with one attached hydrogen (secondary N) is 1. The molecule has 0 saturated carbocycles. The predicted molar refractivity (Wildman–Crippen MR) is 106 cm³/mol. The maximum atomic E-state index is 11.7. The fraction of sp³-hybridized carbons (Fsp3) is 0.350. The third-order valence-electron chi connectivity index (χ3n) is 3.59. The van der Waals surface area contributed by atoms with E-state index in [1.165, 1.54) is 0 Å². The molecule has 0 fully saturated rings. The number of hydrogen-bond acceptors (Lipinski definition) is 5. The van der Waals surface area contributed by atoms with Crippen LogP contribution in [0.3, 0.4) is 0 Å². The molecule has 0 heterocycles. The van der Waals surface area contributed by atoms with Crippen LogP contribution < -0.4 is 14.8 Å². The molecule has 0 aliphatic carbocycles. The Bertz CT molecular complexity index is 731. The minimum absolute atomic E-state index is 0.310. The fourth-order valence-electron chi connectivity index (χ4n) is 2.39. The van der Waals surface area contributed by atoms with Gasteiger partial charge in [0.2, 0.25) is 0 Å². The number of esters is 1. The largest absolute Gasteiger partial charge is 0.490 e. The predicted octanol–water partition coefficient (Wildman–Crippen LogP) is 5.04. The number of halogens is 1. The van der Waals surface area contributed by atoms with Gasteiger partial charge in [-0.05, 0) is 62.7 Å². The third kappa shape index (κ3) is 5.39. The highest BCUT2D eigenvalue weighted by Crippen LogP contribution is 2.34. The molecule has 2 rings (SSSR count). The first kappa shape index (κ1) is 20.1. The Balaban J connectivity index is 2.08. The summed E-state index contributed by atoms with van der Waals surface area (Å²) in [6.45, 7) is 7.80. The van der Waals surface area contributed by atoms with Crippen molar-refractivity contribution in [1.29, 1.82) is 0 Å². The number of rotatable bonds is 9. The van der Waals surface area contributed by atoms with E-state index in [-0.39, 0.29) is 5.97 Å². The number of benzene rings is 2. The number of anilines is 1. The van der Waals surface area contributed by atoms with Crippen molar-refractivity contribution in [2.75, 3.05) is 25.1 Å². The van der Waals surface area contributed by atoms with Crippen molar-refractivity contribution >= 4 is 27.6 Å². The molecule has 0 radical (unpaired) electrons. The van der Waals surface area contributed by atoms with E-state index in [9.17, 15) is 4.79 Å². The van der Waals surface area contributed by atoms with Crippen LogP contribution in [0.25, 0.3) is 0 Å². The molecule has 0 saturated heterocycles. The van der Waals surface area contributed by atoms with E-state index in [0.717, 1.165) is 27.2 Å². The summed E-state index contributed by atoms with van der Waals surface area (Å²) in [5.41, 5.74) is 2.50. The molecule has 0 aromatic heterocycles. The standard InChI is InChI=1S/C20H24BrNO4/c1-4-24-18-11-15(17(21)12-19(18)25-5-2)13-22-16-9-7-14(8-10-16)20(23)26-6-3/h7-12,22H,4-6,13H2,1-3H3. The molecular weight excluding hydrogens is 398 g/mol. The summed E-state index contributed by atoms with van der Waals surface area (Å²) < 4.78 is 17.2. The summed E-state index contributed by atoms with van der Waals surface area (Å²) in [5, 5.41) is 3.34. The quantitative estimate of drug-likeness (QED) is 0.574. The lowest BCUT2D eigenvalue weighted by atomic mass is 10.1.